The lowest BCUT2D eigenvalue weighted by Gasteiger charge is -2.19. The highest BCUT2D eigenvalue weighted by atomic mass is 16.6. The molecule has 2 atom stereocenters. The van der Waals surface area contributed by atoms with Gasteiger partial charge in [0, 0.05) is 19.6 Å². The van der Waals surface area contributed by atoms with Gasteiger partial charge in [0.2, 0.25) is 0 Å². The Kier molecular flexibility index (Phi) is 3.70. The number of hydrogen-bond acceptors (Lipinski definition) is 4. The van der Waals surface area contributed by atoms with Crippen molar-refractivity contribution in [2.45, 2.75) is 37.9 Å². The van der Waals surface area contributed by atoms with E-state index < -0.39 is 0 Å². The first-order valence-electron chi connectivity index (χ1n) is 6.96. The van der Waals surface area contributed by atoms with Crippen LogP contribution < -0.4 is 0 Å². The number of hydrogen-bond donors (Lipinski definition) is 0. The summed E-state index contributed by atoms with van der Waals surface area (Å²) in [5, 5.41) is 0. The Bertz CT molecular complexity index is 299. The molecule has 3 rings (SSSR count). The summed E-state index contributed by atoms with van der Waals surface area (Å²) in [5.41, 5.74) is 0. The summed E-state index contributed by atoms with van der Waals surface area (Å²) in [4.78, 5) is 13.6. The van der Waals surface area contributed by atoms with E-state index in [1.54, 1.807) is 4.90 Å². The van der Waals surface area contributed by atoms with Crippen molar-refractivity contribution in [3.63, 3.8) is 0 Å². The summed E-state index contributed by atoms with van der Waals surface area (Å²) in [5.74, 6) is 0.779. The Morgan fingerprint density at radius 1 is 1.22 bits per heavy atom. The van der Waals surface area contributed by atoms with Crippen LogP contribution in [0.25, 0.3) is 0 Å². The average Bonchev–Trinajstić information content (AvgIpc) is 2.88. The maximum Gasteiger partial charge on any atom is 0.410 e. The van der Waals surface area contributed by atoms with E-state index in [-0.39, 0.29) is 18.3 Å². The van der Waals surface area contributed by atoms with Gasteiger partial charge in [-0.25, -0.2) is 4.79 Å². The van der Waals surface area contributed by atoms with Gasteiger partial charge in [0.05, 0.1) is 25.9 Å². The van der Waals surface area contributed by atoms with Gasteiger partial charge in [-0.05, 0) is 25.2 Å². The summed E-state index contributed by atoms with van der Waals surface area (Å²) in [6, 6.07) is 0. The highest BCUT2D eigenvalue weighted by Gasteiger charge is 2.31. The van der Waals surface area contributed by atoms with Crippen molar-refractivity contribution in [1.29, 1.82) is 0 Å². The monoisotopic (exact) mass is 255 g/mol. The lowest BCUT2D eigenvalue weighted by Crippen LogP contribution is -2.33. The molecule has 5 heteroatoms. The lowest BCUT2D eigenvalue weighted by atomic mass is 10.3. The normalized spacial score (nSPS) is 31.9. The zero-order chi connectivity index (χ0) is 12.4. The number of carbonyl (C=O) groups is 1. The third kappa shape index (κ3) is 3.14. The fraction of sp³-hybridized carbons (Fsp3) is 0.923. The molecule has 0 radical (unpaired) electrons. The fourth-order valence-electron chi connectivity index (χ4n) is 2.41. The SMILES string of the molecule is O=C(O[C@H]1CCOC1)N1CC[C@H](OCC2CC2)C1. The Morgan fingerprint density at radius 3 is 2.83 bits per heavy atom. The van der Waals surface area contributed by atoms with Gasteiger partial charge in [0.1, 0.15) is 6.10 Å². The van der Waals surface area contributed by atoms with Gasteiger partial charge in [-0.1, -0.05) is 0 Å². The van der Waals surface area contributed by atoms with E-state index in [9.17, 15) is 4.79 Å². The van der Waals surface area contributed by atoms with Crippen molar-refractivity contribution in [2.24, 2.45) is 5.92 Å². The molecule has 0 aromatic carbocycles. The van der Waals surface area contributed by atoms with E-state index in [4.69, 9.17) is 14.2 Å². The van der Waals surface area contributed by atoms with E-state index in [0.717, 1.165) is 31.9 Å². The second-order valence-corrected chi connectivity index (χ2v) is 5.50. The Morgan fingerprint density at radius 2 is 2.11 bits per heavy atom. The van der Waals surface area contributed by atoms with Crippen molar-refractivity contribution in [3.05, 3.63) is 0 Å². The Labute approximate surface area is 107 Å². The van der Waals surface area contributed by atoms with Crippen molar-refractivity contribution in [2.75, 3.05) is 32.9 Å². The molecule has 3 fully saturated rings. The molecule has 1 aliphatic carbocycles. The fourth-order valence-corrected chi connectivity index (χ4v) is 2.41. The number of ether oxygens (including phenoxy) is 3. The molecule has 102 valence electrons. The summed E-state index contributed by atoms with van der Waals surface area (Å²) < 4.78 is 16.4. The first kappa shape index (κ1) is 12.2. The molecule has 2 heterocycles. The Hall–Kier alpha value is -0.810. The van der Waals surface area contributed by atoms with Crippen LogP contribution in [0.3, 0.4) is 0 Å². The second kappa shape index (κ2) is 5.45. The third-order valence-corrected chi connectivity index (χ3v) is 3.82. The molecule has 3 aliphatic rings. The average molecular weight is 255 g/mol. The van der Waals surface area contributed by atoms with Crippen LogP contribution in [-0.4, -0.2) is 56.1 Å². The number of rotatable bonds is 4. The summed E-state index contributed by atoms with van der Waals surface area (Å²) in [6.45, 7) is 3.54. The number of amides is 1. The number of likely N-dealkylation sites (tertiary alicyclic amines) is 1. The molecular formula is C13H21NO4. The minimum atomic E-state index is -0.206. The van der Waals surface area contributed by atoms with E-state index in [2.05, 4.69) is 0 Å². The first-order valence-corrected chi connectivity index (χ1v) is 6.96. The van der Waals surface area contributed by atoms with E-state index in [1.807, 2.05) is 0 Å². The predicted octanol–water partition coefficient (Wildman–Crippen LogP) is 1.41. The van der Waals surface area contributed by atoms with Crippen LogP contribution in [0.1, 0.15) is 25.7 Å². The standard InChI is InChI=1S/C13H21NO4/c15-13(18-12-4-6-16-9-12)14-5-3-11(7-14)17-8-10-1-2-10/h10-12H,1-9H2/t11-,12-/m0/s1. The summed E-state index contributed by atoms with van der Waals surface area (Å²) in [7, 11) is 0. The molecule has 1 saturated carbocycles. The summed E-state index contributed by atoms with van der Waals surface area (Å²) in [6.07, 6.45) is 4.31. The molecule has 2 saturated heterocycles. The van der Waals surface area contributed by atoms with Crippen LogP contribution in [0.15, 0.2) is 0 Å². The highest BCUT2D eigenvalue weighted by Crippen LogP contribution is 2.30. The molecule has 0 aromatic rings. The molecule has 1 amide bonds. The van der Waals surface area contributed by atoms with Crippen molar-refractivity contribution in [1.82, 2.24) is 4.90 Å². The van der Waals surface area contributed by atoms with Gasteiger partial charge in [-0.2, -0.15) is 0 Å². The van der Waals surface area contributed by atoms with Crippen LogP contribution in [-0.2, 0) is 14.2 Å². The lowest BCUT2D eigenvalue weighted by molar-refractivity contribution is 0.0385. The van der Waals surface area contributed by atoms with Gasteiger partial charge in [0.25, 0.3) is 0 Å². The Balaban J connectivity index is 1.38. The minimum absolute atomic E-state index is 0.0519. The maximum absolute atomic E-state index is 11.9. The zero-order valence-electron chi connectivity index (χ0n) is 10.7. The molecular weight excluding hydrogens is 234 g/mol. The van der Waals surface area contributed by atoms with Gasteiger partial charge in [-0.15, -0.1) is 0 Å². The number of nitrogens with zero attached hydrogens (tertiary/aromatic N) is 1. The molecule has 0 unspecified atom stereocenters. The van der Waals surface area contributed by atoms with Gasteiger partial charge in [-0.3, -0.25) is 0 Å². The molecule has 0 N–H and O–H groups in total. The topological polar surface area (TPSA) is 48.0 Å². The molecule has 0 spiro atoms. The first-order chi connectivity index (χ1) is 8.81. The highest BCUT2D eigenvalue weighted by molar-refractivity contribution is 5.68. The zero-order valence-corrected chi connectivity index (χ0v) is 10.7. The van der Waals surface area contributed by atoms with Crippen molar-refractivity contribution in [3.8, 4) is 0 Å². The molecule has 5 nitrogen and oxygen atoms in total. The molecule has 0 bridgehead atoms. The van der Waals surface area contributed by atoms with E-state index in [1.165, 1.54) is 12.8 Å². The minimum Gasteiger partial charge on any atom is -0.444 e. The van der Waals surface area contributed by atoms with Gasteiger partial charge in [0.15, 0.2) is 0 Å². The molecule has 2 aliphatic heterocycles. The van der Waals surface area contributed by atoms with Crippen LogP contribution >= 0.6 is 0 Å². The van der Waals surface area contributed by atoms with Gasteiger partial charge < -0.3 is 19.1 Å². The number of carbonyl (C=O) groups excluding carboxylic acids is 1. The molecule has 18 heavy (non-hydrogen) atoms. The van der Waals surface area contributed by atoms with Gasteiger partial charge >= 0.3 is 6.09 Å². The van der Waals surface area contributed by atoms with Crippen LogP contribution in [0.5, 0.6) is 0 Å². The smallest absolute Gasteiger partial charge is 0.410 e. The molecule has 0 aromatic heterocycles. The largest absolute Gasteiger partial charge is 0.444 e. The summed E-state index contributed by atoms with van der Waals surface area (Å²) >= 11 is 0. The van der Waals surface area contributed by atoms with E-state index in [0.29, 0.717) is 19.8 Å². The maximum atomic E-state index is 11.9. The third-order valence-electron chi connectivity index (χ3n) is 3.82. The second-order valence-electron chi connectivity index (χ2n) is 5.50. The van der Waals surface area contributed by atoms with Crippen LogP contribution in [0.2, 0.25) is 0 Å². The van der Waals surface area contributed by atoms with Crippen molar-refractivity contribution < 1.29 is 19.0 Å². The predicted molar refractivity (Wildman–Crippen MR) is 64.4 cm³/mol. The van der Waals surface area contributed by atoms with Crippen molar-refractivity contribution >= 4 is 6.09 Å². The van der Waals surface area contributed by atoms with E-state index >= 15 is 0 Å². The quantitative estimate of drug-likeness (QED) is 0.762. The van der Waals surface area contributed by atoms with Crippen LogP contribution in [0.4, 0.5) is 4.79 Å². The van der Waals surface area contributed by atoms with Crippen LogP contribution in [0, 0.1) is 5.92 Å².